The highest BCUT2D eigenvalue weighted by Gasteiger charge is 2.42. The second-order valence-electron chi connectivity index (χ2n) is 6.03. The summed E-state index contributed by atoms with van der Waals surface area (Å²) >= 11 is 0. The second-order valence-corrected chi connectivity index (χ2v) is 6.03. The molecule has 2 fully saturated rings. The Bertz CT molecular complexity index is 667. The van der Waals surface area contributed by atoms with Crippen LogP contribution in [0.25, 0.3) is 10.9 Å². The van der Waals surface area contributed by atoms with Gasteiger partial charge in [0.2, 0.25) is 0 Å². The van der Waals surface area contributed by atoms with E-state index in [1.165, 1.54) is 6.42 Å². The van der Waals surface area contributed by atoms with Gasteiger partial charge in [0.15, 0.2) is 0 Å². The van der Waals surface area contributed by atoms with Gasteiger partial charge in [-0.25, -0.2) is 0 Å². The molecule has 4 rings (SSSR count). The predicted octanol–water partition coefficient (Wildman–Crippen LogP) is 2.49. The van der Waals surface area contributed by atoms with Crippen molar-refractivity contribution in [3.8, 4) is 0 Å². The Labute approximate surface area is 118 Å². The smallest absolute Gasteiger partial charge is 0.143 e. The lowest BCUT2D eigenvalue weighted by molar-refractivity contribution is -0.122. The fourth-order valence-electron chi connectivity index (χ4n) is 3.70. The predicted molar refractivity (Wildman–Crippen MR) is 78.5 cm³/mol. The number of ketones is 1. The zero-order valence-electron chi connectivity index (χ0n) is 11.4. The van der Waals surface area contributed by atoms with Gasteiger partial charge in [-0.05, 0) is 31.4 Å². The van der Waals surface area contributed by atoms with Crippen molar-refractivity contribution in [1.29, 1.82) is 0 Å². The van der Waals surface area contributed by atoms with Crippen molar-refractivity contribution in [2.24, 2.45) is 5.92 Å². The topological polar surface area (TPSA) is 42.0 Å². The van der Waals surface area contributed by atoms with Crippen LogP contribution in [0.4, 0.5) is 0 Å². The number of para-hydroxylation sites is 1. The van der Waals surface area contributed by atoms with Crippen LogP contribution in [-0.4, -0.2) is 22.9 Å². The molecular weight excluding hydrogens is 248 g/mol. The molecule has 3 unspecified atom stereocenters. The van der Waals surface area contributed by atoms with Crippen LogP contribution >= 0.6 is 0 Å². The molecule has 0 saturated carbocycles. The summed E-state index contributed by atoms with van der Waals surface area (Å²) in [5, 5.41) is 4.66. The monoisotopic (exact) mass is 266 g/mol. The highest BCUT2D eigenvalue weighted by atomic mass is 16.1. The molecule has 0 spiro atoms. The molecule has 1 N–H and O–H groups in total. The molecular formula is C17H18N2O. The van der Waals surface area contributed by atoms with E-state index >= 15 is 0 Å². The van der Waals surface area contributed by atoms with E-state index in [4.69, 9.17) is 0 Å². The summed E-state index contributed by atoms with van der Waals surface area (Å²) in [4.78, 5) is 17.1. The van der Waals surface area contributed by atoms with Crippen LogP contribution in [0.15, 0.2) is 36.4 Å². The summed E-state index contributed by atoms with van der Waals surface area (Å²) < 4.78 is 0. The molecule has 0 radical (unpaired) electrons. The van der Waals surface area contributed by atoms with E-state index in [-0.39, 0.29) is 5.92 Å². The van der Waals surface area contributed by atoms with E-state index in [1.54, 1.807) is 0 Å². The number of nitrogens with zero attached hydrogens (tertiary/aromatic N) is 1. The molecule has 102 valence electrons. The molecule has 1 aromatic heterocycles. The van der Waals surface area contributed by atoms with Gasteiger partial charge in [-0.2, -0.15) is 0 Å². The molecule has 0 amide bonds. The molecule has 3 heterocycles. The lowest BCUT2D eigenvalue weighted by Gasteiger charge is -2.18. The summed E-state index contributed by atoms with van der Waals surface area (Å²) in [6.45, 7) is 0. The van der Waals surface area contributed by atoms with Crippen LogP contribution in [-0.2, 0) is 11.2 Å². The Balaban J connectivity index is 1.53. The standard InChI is InChI=1S/C17H18N2O/c20-17(14-9-12-7-8-16(14)19-12)10-13-6-5-11-3-1-2-4-15(11)18-13/h1-6,12,14,16,19H,7-10H2. The third-order valence-electron chi connectivity index (χ3n) is 4.73. The normalized spacial score (nSPS) is 28.1. The summed E-state index contributed by atoms with van der Waals surface area (Å²) in [6, 6.07) is 13.1. The second kappa shape index (κ2) is 4.67. The number of nitrogens with one attached hydrogen (secondary N) is 1. The van der Waals surface area contributed by atoms with Gasteiger partial charge in [-0.3, -0.25) is 9.78 Å². The largest absolute Gasteiger partial charge is 0.310 e. The van der Waals surface area contributed by atoms with Gasteiger partial charge in [0.1, 0.15) is 5.78 Å². The number of hydrogen-bond acceptors (Lipinski definition) is 3. The van der Waals surface area contributed by atoms with E-state index < -0.39 is 0 Å². The Morgan fingerprint density at radius 2 is 2.10 bits per heavy atom. The number of aromatic nitrogens is 1. The molecule has 2 bridgehead atoms. The number of fused-ring (bicyclic) bond motifs is 3. The van der Waals surface area contributed by atoms with Crippen molar-refractivity contribution in [1.82, 2.24) is 10.3 Å². The van der Waals surface area contributed by atoms with Gasteiger partial charge in [0, 0.05) is 35.5 Å². The average Bonchev–Trinajstić information content (AvgIpc) is 3.10. The quantitative estimate of drug-likeness (QED) is 0.928. The van der Waals surface area contributed by atoms with E-state index in [0.29, 0.717) is 24.3 Å². The Morgan fingerprint density at radius 3 is 2.90 bits per heavy atom. The van der Waals surface area contributed by atoms with Crippen LogP contribution in [0.1, 0.15) is 25.0 Å². The van der Waals surface area contributed by atoms with Gasteiger partial charge in [0.25, 0.3) is 0 Å². The molecule has 3 atom stereocenters. The maximum absolute atomic E-state index is 12.5. The van der Waals surface area contributed by atoms with Crippen molar-refractivity contribution in [3.05, 3.63) is 42.1 Å². The first-order valence-electron chi connectivity index (χ1n) is 7.43. The average molecular weight is 266 g/mol. The fourth-order valence-corrected chi connectivity index (χ4v) is 3.70. The van der Waals surface area contributed by atoms with Crippen LogP contribution < -0.4 is 5.32 Å². The molecule has 3 heteroatoms. The first-order chi connectivity index (χ1) is 9.79. The zero-order chi connectivity index (χ0) is 13.5. The number of carbonyl (C=O) groups excluding carboxylic acids is 1. The van der Waals surface area contributed by atoms with E-state index in [9.17, 15) is 4.79 Å². The minimum absolute atomic E-state index is 0.210. The highest BCUT2D eigenvalue weighted by molar-refractivity contribution is 5.85. The highest BCUT2D eigenvalue weighted by Crippen LogP contribution is 2.34. The van der Waals surface area contributed by atoms with Crippen molar-refractivity contribution < 1.29 is 4.79 Å². The lowest BCUT2D eigenvalue weighted by atomic mass is 9.84. The molecule has 2 aliphatic rings. The lowest BCUT2D eigenvalue weighted by Crippen LogP contribution is -2.29. The Kier molecular flexibility index (Phi) is 2.81. The van der Waals surface area contributed by atoms with E-state index in [0.717, 1.165) is 29.4 Å². The first kappa shape index (κ1) is 12.0. The minimum atomic E-state index is 0.210. The Hall–Kier alpha value is -1.74. The maximum atomic E-state index is 12.5. The van der Waals surface area contributed by atoms with Gasteiger partial charge in [0.05, 0.1) is 5.52 Å². The molecule has 2 saturated heterocycles. The molecule has 0 aliphatic carbocycles. The fraction of sp³-hybridized carbons (Fsp3) is 0.412. The van der Waals surface area contributed by atoms with Crippen LogP contribution in [0.3, 0.4) is 0 Å². The maximum Gasteiger partial charge on any atom is 0.143 e. The molecule has 3 nitrogen and oxygen atoms in total. The number of hydrogen-bond donors (Lipinski definition) is 1. The SMILES string of the molecule is O=C(Cc1ccc2ccccc2n1)C1CC2CCC1N2. The van der Waals surface area contributed by atoms with Gasteiger partial charge < -0.3 is 5.32 Å². The third-order valence-corrected chi connectivity index (χ3v) is 4.73. The first-order valence-corrected chi connectivity index (χ1v) is 7.43. The third kappa shape index (κ3) is 2.02. The van der Waals surface area contributed by atoms with Crippen LogP contribution in [0.2, 0.25) is 0 Å². The summed E-state index contributed by atoms with van der Waals surface area (Å²) in [5.41, 5.74) is 1.88. The molecule has 2 aromatic rings. The van der Waals surface area contributed by atoms with E-state index in [1.807, 2.05) is 30.3 Å². The van der Waals surface area contributed by atoms with Gasteiger partial charge in [-0.15, -0.1) is 0 Å². The Morgan fingerprint density at radius 1 is 1.20 bits per heavy atom. The number of benzene rings is 1. The number of Topliss-reactive ketones (excluding diaryl/α,β-unsaturated/α-hetero) is 1. The number of rotatable bonds is 3. The molecule has 1 aromatic carbocycles. The van der Waals surface area contributed by atoms with Gasteiger partial charge in [-0.1, -0.05) is 24.3 Å². The summed E-state index contributed by atoms with van der Waals surface area (Å²) in [7, 11) is 0. The van der Waals surface area contributed by atoms with Crippen molar-refractivity contribution in [2.75, 3.05) is 0 Å². The summed E-state index contributed by atoms with van der Waals surface area (Å²) in [5.74, 6) is 0.564. The van der Waals surface area contributed by atoms with Gasteiger partial charge >= 0.3 is 0 Å². The van der Waals surface area contributed by atoms with Crippen molar-refractivity contribution >= 4 is 16.7 Å². The van der Waals surface area contributed by atoms with E-state index in [2.05, 4.69) is 16.4 Å². The van der Waals surface area contributed by atoms with Crippen LogP contribution in [0.5, 0.6) is 0 Å². The summed E-state index contributed by atoms with van der Waals surface area (Å²) in [6.07, 6.45) is 3.90. The zero-order valence-corrected chi connectivity index (χ0v) is 11.4. The van der Waals surface area contributed by atoms with Crippen molar-refractivity contribution in [2.45, 2.75) is 37.8 Å². The number of carbonyl (C=O) groups is 1. The molecule has 20 heavy (non-hydrogen) atoms. The van der Waals surface area contributed by atoms with Crippen LogP contribution in [0, 0.1) is 5.92 Å². The number of pyridine rings is 1. The molecule has 2 aliphatic heterocycles. The van der Waals surface area contributed by atoms with Crippen molar-refractivity contribution in [3.63, 3.8) is 0 Å². The minimum Gasteiger partial charge on any atom is -0.310 e.